The van der Waals surface area contributed by atoms with Crippen molar-refractivity contribution in [3.63, 3.8) is 0 Å². The number of carboxylic acid groups (broad SMARTS) is 1. The third-order valence-corrected chi connectivity index (χ3v) is 5.08. The lowest BCUT2D eigenvalue weighted by atomic mass is 9.99. The molecule has 0 unspecified atom stereocenters. The monoisotopic (exact) mass is 346 g/mol. The van der Waals surface area contributed by atoms with Crippen molar-refractivity contribution < 1.29 is 14.7 Å². The highest BCUT2D eigenvalue weighted by Gasteiger charge is 2.27. The zero-order valence-electron chi connectivity index (χ0n) is 10.3. The van der Waals surface area contributed by atoms with Gasteiger partial charge in [0.15, 0.2) is 0 Å². The first-order chi connectivity index (χ1) is 9.08. The van der Waals surface area contributed by atoms with Crippen LogP contribution in [-0.2, 0) is 11.3 Å². The van der Waals surface area contributed by atoms with Crippen LogP contribution in [0.3, 0.4) is 0 Å². The number of urea groups is 1. The van der Waals surface area contributed by atoms with E-state index >= 15 is 0 Å². The quantitative estimate of drug-likeness (QED) is 0.883. The summed E-state index contributed by atoms with van der Waals surface area (Å²) < 4.78 is 0.986. The van der Waals surface area contributed by atoms with Gasteiger partial charge in [-0.25, -0.2) is 4.79 Å². The van der Waals surface area contributed by atoms with Crippen LogP contribution in [0.5, 0.6) is 0 Å². The molecule has 2 rings (SSSR count). The van der Waals surface area contributed by atoms with Gasteiger partial charge in [0.25, 0.3) is 0 Å². The van der Waals surface area contributed by atoms with Crippen molar-refractivity contribution in [2.75, 3.05) is 13.1 Å². The highest BCUT2D eigenvalue weighted by molar-refractivity contribution is 9.10. The molecule has 0 aromatic carbocycles. The lowest BCUT2D eigenvalue weighted by Crippen LogP contribution is -2.46. The standard InChI is InChI=1S/C12H15BrN2O3S/c13-9-3-5-19-10(9)6-14-12(18)15-4-1-2-8(7-15)11(16)17/h3,5,8H,1-2,4,6-7H2,(H,14,18)(H,16,17)/t8-/m1/s1. The van der Waals surface area contributed by atoms with E-state index in [0.717, 1.165) is 15.8 Å². The molecule has 1 aliphatic heterocycles. The van der Waals surface area contributed by atoms with Gasteiger partial charge in [0.05, 0.1) is 12.5 Å². The second-order valence-electron chi connectivity index (χ2n) is 4.47. The summed E-state index contributed by atoms with van der Waals surface area (Å²) in [5, 5.41) is 13.8. The number of halogens is 1. The van der Waals surface area contributed by atoms with E-state index in [1.165, 1.54) is 0 Å². The zero-order valence-corrected chi connectivity index (χ0v) is 12.7. The van der Waals surface area contributed by atoms with Crippen molar-refractivity contribution >= 4 is 39.3 Å². The van der Waals surface area contributed by atoms with E-state index in [9.17, 15) is 9.59 Å². The minimum atomic E-state index is -0.821. The van der Waals surface area contributed by atoms with E-state index in [4.69, 9.17) is 5.11 Å². The Balaban J connectivity index is 1.86. The SMILES string of the molecule is O=C(O)[C@@H]1CCCN(C(=O)NCc2sccc2Br)C1. The van der Waals surface area contributed by atoms with E-state index in [1.807, 2.05) is 11.4 Å². The number of carbonyl (C=O) groups excluding carboxylic acids is 1. The van der Waals surface area contributed by atoms with Crippen LogP contribution in [0, 0.1) is 5.92 Å². The molecule has 2 heterocycles. The van der Waals surface area contributed by atoms with Crippen LogP contribution in [0.2, 0.25) is 0 Å². The summed E-state index contributed by atoms with van der Waals surface area (Å²) in [6.07, 6.45) is 1.39. The lowest BCUT2D eigenvalue weighted by molar-refractivity contribution is -0.143. The number of aliphatic carboxylic acids is 1. The average molecular weight is 347 g/mol. The topological polar surface area (TPSA) is 69.6 Å². The van der Waals surface area contributed by atoms with Crippen molar-refractivity contribution in [1.29, 1.82) is 0 Å². The van der Waals surface area contributed by atoms with Gasteiger partial charge in [-0.3, -0.25) is 4.79 Å². The maximum atomic E-state index is 12.0. The van der Waals surface area contributed by atoms with Gasteiger partial charge in [0.1, 0.15) is 0 Å². The largest absolute Gasteiger partial charge is 0.481 e. The van der Waals surface area contributed by atoms with E-state index < -0.39 is 11.9 Å². The maximum absolute atomic E-state index is 12.0. The number of thiophene rings is 1. The Morgan fingerprint density at radius 3 is 3.00 bits per heavy atom. The fourth-order valence-corrected chi connectivity index (χ4v) is 3.51. The number of amides is 2. The number of nitrogens with zero attached hydrogens (tertiary/aromatic N) is 1. The summed E-state index contributed by atoms with van der Waals surface area (Å²) in [4.78, 5) is 25.6. The summed E-state index contributed by atoms with van der Waals surface area (Å²) in [6, 6.07) is 1.75. The number of carbonyl (C=O) groups is 2. The Morgan fingerprint density at radius 2 is 2.37 bits per heavy atom. The van der Waals surface area contributed by atoms with Crippen LogP contribution in [-0.4, -0.2) is 35.1 Å². The van der Waals surface area contributed by atoms with Crippen molar-refractivity contribution in [1.82, 2.24) is 10.2 Å². The number of rotatable bonds is 3. The van der Waals surface area contributed by atoms with Crippen molar-refractivity contribution in [2.45, 2.75) is 19.4 Å². The Morgan fingerprint density at radius 1 is 1.58 bits per heavy atom. The molecule has 0 saturated carbocycles. The molecule has 0 bridgehead atoms. The smallest absolute Gasteiger partial charge is 0.317 e. The molecule has 2 N–H and O–H groups in total. The maximum Gasteiger partial charge on any atom is 0.317 e. The van der Waals surface area contributed by atoms with Crippen LogP contribution >= 0.6 is 27.3 Å². The molecule has 1 atom stereocenters. The third kappa shape index (κ3) is 3.70. The molecular weight excluding hydrogens is 332 g/mol. The van der Waals surface area contributed by atoms with Gasteiger partial charge in [0.2, 0.25) is 0 Å². The number of nitrogens with one attached hydrogen (secondary N) is 1. The zero-order chi connectivity index (χ0) is 13.8. The highest BCUT2D eigenvalue weighted by atomic mass is 79.9. The van der Waals surface area contributed by atoms with E-state index in [0.29, 0.717) is 26.1 Å². The Kier molecular flexibility index (Phi) is 4.81. The number of piperidine rings is 1. The van der Waals surface area contributed by atoms with Gasteiger partial charge in [-0.2, -0.15) is 0 Å². The molecule has 1 fully saturated rings. The molecule has 5 nitrogen and oxygen atoms in total. The van der Waals surface area contributed by atoms with Crippen LogP contribution < -0.4 is 5.32 Å². The molecule has 19 heavy (non-hydrogen) atoms. The predicted octanol–water partition coefficient (Wildman–Crippen LogP) is 2.52. The molecule has 104 valence electrons. The Labute approximate surface area is 123 Å². The highest BCUT2D eigenvalue weighted by Crippen LogP contribution is 2.22. The minimum Gasteiger partial charge on any atom is -0.481 e. The first kappa shape index (κ1) is 14.3. The van der Waals surface area contributed by atoms with Gasteiger partial charge < -0.3 is 15.3 Å². The molecule has 1 aromatic heterocycles. The predicted molar refractivity (Wildman–Crippen MR) is 76.2 cm³/mol. The van der Waals surface area contributed by atoms with E-state index in [1.54, 1.807) is 16.2 Å². The fourth-order valence-electron chi connectivity index (χ4n) is 2.08. The third-order valence-electron chi connectivity index (χ3n) is 3.15. The van der Waals surface area contributed by atoms with E-state index in [-0.39, 0.29) is 6.03 Å². The number of hydrogen-bond acceptors (Lipinski definition) is 3. The Bertz CT molecular complexity index is 477. The summed E-state index contributed by atoms with van der Waals surface area (Å²) in [7, 11) is 0. The molecule has 2 amide bonds. The van der Waals surface area contributed by atoms with Crippen molar-refractivity contribution in [3.8, 4) is 0 Å². The molecule has 7 heteroatoms. The van der Waals surface area contributed by atoms with E-state index in [2.05, 4.69) is 21.2 Å². The van der Waals surface area contributed by atoms with Crippen LogP contribution in [0.25, 0.3) is 0 Å². The molecule has 0 radical (unpaired) electrons. The van der Waals surface area contributed by atoms with Crippen molar-refractivity contribution in [3.05, 3.63) is 20.8 Å². The molecular formula is C12H15BrN2O3S. The molecule has 0 aliphatic carbocycles. The lowest BCUT2D eigenvalue weighted by Gasteiger charge is -2.30. The molecule has 1 aromatic rings. The number of hydrogen-bond donors (Lipinski definition) is 2. The Hall–Kier alpha value is -1.08. The summed E-state index contributed by atoms with van der Waals surface area (Å²) in [5.74, 6) is -1.26. The minimum absolute atomic E-state index is 0.189. The summed E-state index contributed by atoms with van der Waals surface area (Å²) in [5.41, 5.74) is 0. The summed E-state index contributed by atoms with van der Waals surface area (Å²) in [6.45, 7) is 1.39. The fraction of sp³-hybridized carbons (Fsp3) is 0.500. The second kappa shape index (κ2) is 6.38. The van der Waals surface area contributed by atoms with Gasteiger partial charge in [-0.1, -0.05) is 0 Å². The average Bonchev–Trinajstić information content (AvgIpc) is 2.81. The van der Waals surface area contributed by atoms with Crippen LogP contribution in [0.15, 0.2) is 15.9 Å². The second-order valence-corrected chi connectivity index (χ2v) is 6.33. The number of likely N-dealkylation sites (tertiary alicyclic amines) is 1. The van der Waals surface area contributed by atoms with Crippen LogP contribution in [0.4, 0.5) is 4.79 Å². The molecule has 1 saturated heterocycles. The van der Waals surface area contributed by atoms with Gasteiger partial charge >= 0.3 is 12.0 Å². The van der Waals surface area contributed by atoms with Crippen molar-refractivity contribution in [2.24, 2.45) is 5.92 Å². The van der Waals surface area contributed by atoms with Gasteiger partial charge in [-0.05, 0) is 40.2 Å². The first-order valence-corrected chi connectivity index (χ1v) is 7.72. The van der Waals surface area contributed by atoms with Gasteiger partial charge in [-0.15, -0.1) is 11.3 Å². The van der Waals surface area contributed by atoms with Crippen LogP contribution in [0.1, 0.15) is 17.7 Å². The normalized spacial score (nSPS) is 19.2. The summed E-state index contributed by atoms with van der Waals surface area (Å²) >= 11 is 4.98. The first-order valence-electron chi connectivity index (χ1n) is 6.05. The molecule has 1 aliphatic rings. The van der Waals surface area contributed by atoms with Gasteiger partial charge in [0, 0.05) is 22.4 Å². The molecule has 0 spiro atoms. The number of carboxylic acids is 1.